The minimum absolute atomic E-state index is 0.248. The first-order valence-corrected chi connectivity index (χ1v) is 8.33. The lowest BCUT2D eigenvalue weighted by molar-refractivity contribution is 0.619. The van der Waals surface area contributed by atoms with Gasteiger partial charge in [0.15, 0.2) is 5.11 Å². The second kappa shape index (κ2) is 7.44. The topological polar surface area (TPSA) is 41.9 Å². The Morgan fingerprint density at radius 1 is 1.16 bits per heavy atom. The van der Waals surface area contributed by atoms with Crippen molar-refractivity contribution < 1.29 is 4.39 Å². The van der Waals surface area contributed by atoms with E-state index in [9.17, 15) is 4.39 Å². The second-order valence-electron chi connectivity index (χ2n) is 5.88. The van der Waals surface area contributed by atoms with Crippen LogP contribution in [0.3, 0.4) is 0 Å². The first-order chi connectivity index (χ1) is 12.0. The molecule has 0 unspecified atom stereocenters. The van der Waals surface area contributed by atoms with Crippen molar-refractivity contribution in [1.29, 1.82) is 0 Å². The van der Waals surface area contributed by atoms with E-state index in [1.54, 1.807) is 16.9 Å². The maximum Gasteiger partial charge on any atom is 0.175 e. The molecule has 3 aromatic rings. The van der Waals surface area contributed by atoms with E-state index in [0.29, 0.717) is 11.7 Å². The summed E-state index contributed by atoms with van der Waals surface area (Å²) in [7, 11) is 0. The zero-order valence-corrected chi connectivity index (χ0v) is 14.9. The molecule has 1 aromatic heterocycles. The van der Waals surface area contributed by atoms with Crippen LogP contribution in [0.15, 0.2) is 54.9 Å². The van der Waals surface area contributed by atoms with Crippen LogP contribution in [0, 0.1) is 19.7 Å². The summed E-state index contributed by atoms with van der Waals surface area (Å²) in [6.45, 7) is 4.61. The molecule has 25 heavy (non-hydrogen) atoms. The smallest absolute Gasteiger partial charge is 0.175 e. The molecule has 0 radical (unpaired) electrons. The predicted molar refractivity (Wildman–Crippen MR) is 103 cm³/mol. The number of thiocarbonyl (C=S) groups is 1. The summed E-state index contributed by atoms with van der Waals surface area (Å²) in [6, 6.07) is 12.5. The Kier molecular flexibility index (Phi) is 5.09. The molecular weight excluding hydrogens is 335 g/mol. The first kappa shape index (κ1) is 17.1. The van der Waals surface area contributed by atoms with Gasteiger partial charge in [-0.05, 0) is 61.0 Å². The minimum Gasteiger partial charge on any atom is -0.332 e. The number of hydrogen-bond acceptors (Lipinski definition) is 2. The van der Waals surface area contributed by atoms with E-state index in [1.165, 1.54) is 17.7 Å². The molecule has 128 valence electrons. The van der Waals surface area contributed by atoms with E-state index in [2.05, 4.69) is 35.6 Å². The van der Waals surface area contributed by atoms with Gasteiger partial charge in [0, 0.05) is 11.9 Å². The largest absolute Gasteiger partial charge is 0.332 e. The number of rotatable bonds is 4. The van der Waals surface area contributed by atoms with Gasteiger partial charge in [0.05, 0.1) is 18.4 Å². The number of nitrogens with one attached hydrogen (secondary N) is 2. The summed E-state index contributed by atoms with van der Waals surface area (Å²) >= 11 is 5.37. The van der Waals surface area contributed by atoms with E-state index in [4.69, 9.17) is 12.2 Å². The first-order valence-electron chi connectivity index (χ1n) is 7.92. The van der Waals surface area contributed by atoms with Crippen molar-refractivity contribution in [2.24, 2.45) is 0 Å². The molecule has 0 saturated carbocycles. The highest BCUT2D eigenvalue weighted by atomic mass is 32.1. The fourth-order valence-corrected chi connectivity index (χ4v) is 2.74. The van der Waals surface area contributed by atoms with Gasteiger partial charge in [-0.2, -0.15) is 5.10 Å². The van der Waals surface area contributed by atoms with Gasteiger partial charge in [-0.25, -0.2) is 4.39 Å². The summed E-state index contributed by atoms with van der Waals surface area (Å²) < 4.78 is 15.0. The van der Waals surface area contributed by atoms with Crippen molar-refractivity contribution in [2.75, 3.05) is 10.6 Å². The number of aryl methyl sites for hydroxylation is 1. The average Bonchev–Trinajstić information content (AvgIpc) is 2.98. The van der Waals surface area contributed by atoms with Gasteiger partial charge in [0.25, 0.3) is 0 Å². The predicted octanol–water partition coefficient (Wildman–Crippen LogP) is 4.50. The van der Waals surface area contributed by atoms with E-state index in [1.807, 2.05) is 24.4 Å². The van der Waals surface area contributed by atoms with Gasteiger partial charge in [0.1, 0.15) is 5.82 Å². The van der Waals surface area contributed by atoms with Crippen LogP contribution in [0.4, 0.5) is 15.8 Å². The fraction of sp³-hybridized carbons (Fsp3) is 0.158. The fourth-order valence-electron chi connectivity index (χ4n) is 2.51. The summed E-state index contributed by atoms with van der Waals surface area (Å²) in [4.78, 5) is 0. The van der Waals surface area contributed by atoms with Crippen molar-refractivity contribution in [3.8, 4) is 0 Å². The monoisotopic (exact) mass is 354 g/mol. The van der Waals surface area contributed by atoms with Gasteiger partial charge in [-0.3, -0.25) is 4.68 Å². The molecule has 0 atom stereocenters. The van der Waals surface area contributed by atoms with E-state index in [0.717, 1.165) is 22.5 Å². The van der Waals surface area contributed by atoms with E-state index in [-0.39, 0.29) is 5.82 Å². The molecule has 0 aliphatic heterocycles. The van der Waals surface area contributed by atoms with Crippen LogP contribution in [-0.2, 0) is 6.54 Å². The maximum absolute atomic E-state index is 13.2. The minimum atomic E-state index is -0.248. The zero-order chi connectivity index (χ0) is 17.8. The van der Waals surface area contributed by atoms with Crippen LogP contribution in [0.1, 0.15) is 16.7 Å². The standard InChI is InChI=1S/C19H19FN4S/c1-13-5-3-8-18(14(13)2)23-19(25)22-17-10-21-24(12-17)11-15-6-4-7-16(20)9-15/h3-10,12H,11H2,1-2H3,(H2,22,23,25). The molecule has 0 saturated heterocycles. The molecule has 0 aliphatic carbocycles. The van der Waals surface area contributed by atoms with E-state index < -0.39 is 0 Å². The molecule has 4 nitrogen and oxygen atoms in total. The van der Waals surface area contributed by atoms with Gasteiger partial charge in [-0.1, -0.05) is 24.3 Å². The second-order valence-corrected chi connectivity index (χ2v) is 6.29. The van der Waals surface area contributed by atoms with Crippen LogP contribution >= 0.6 is 12.2 Å². The third-order valence-electron chi connectivity index (χ3n) is 3.98. The summed E-state index contributed by atoms with van der Waals surface area (Å²) in [5.41, 5.74) is 4.97. The number of aromatic nitrogens is 2. The maximum atomic E-state index is 13.2. The van der Waals surface area contributed by atoms with Crippen molar-refractivity contribution in [2.45, 2.75) is 20.4 Å². The molecule has 0 amide bonds. The Hall–Kier alpha value is -2.73. The number of hydrogen-bond donors (Lipinski definition) is 2. The molecule has 3 rings (SSSR count). The zero-order valence-electron chi connectivity index (χ0n) is 14.1. The Morgan fingerprint density at radius 2 is 1.96 bits per heavy atom. The van der Waals surface area contributed by atoms with Crippen LogP contribution in [0.25, 0.3) is 0 Å². The summed E-state index contributed by atoms with van der Waals surface area (Å²) in [5, 5.41) is 11.1. The van der Waals surface area contributed by atoms with Crippen LogP contribution < -0.4 is 10.6 Å². The molecule has 2 N–H and O–H groups in total. The normalized spacial score (nSPS) is 10.5. The molecular formula is C19H19FN4S. The van der Waals surface area contributed by atoms with Crippen molar-refractivity contribution in [3.05, 3.63) is 77.4 Å². The SMILES string of the molecule is Cc1cccc(NC(=S)Nc2cnn(Cc3cccc(F)c3)c2)c1C. The number of halogens is 1. The summed E-state index contributed by atoms with van der Waals surface area (Å²) in [5.74, 6) is -0.248. The molecule has 0 aliphatic rings. The van der Waals surface area contributed by atoms with Gasteiger partial charge >= 0.3 is 0 Å². The number of benzene rings is 2. The van der Waals surface area contributed by atoms with Gasteiger partial charge < -0.3 is 10.6 Å². The van der Waals surface area contributed by atoms with Crippen LogP contribution in [-0.4, -0.2) is 14.9 Å². The molecule has 6 heteroatoms. The van der Waals surface area contributed by atoms with Crippen molar-refractivity contribution in [3.63, 3.8) is 0 Å². The summed E-state index contributed by atoms with van der Waals surface area (Å²) in [6.07, 6.45) is 3.53. The highest BCUT2D eigenvalue weighted by Crippen LogP contribution is 2.18. The molecule has 1 heterocycles. The quantitative estimate of drug-likeness (QED) is 0.677. The molecule has 2 aromatic carbocycles. The third kappa shape index (κ3) is 4.42. The molecule has 0 fully saturated rings. The van der Waals surface area contributed by atoms with Gasteiger partial charge in [-0.15, -0.1) is 0 Å². The Balaban J connectivity index is 1.63. The Labute approximate surface area is 151 Å². The number of nitrogens with zero attached hydrogens (tertiary/aromatic N) is 2. The lowest BCUT2D eigenvalue weighted by atomic mass is 10.1. The Bertz CT molecular complexity index is 904. The van der Waals surface area contributed by atoms with Crippen LogP contribution in [0.5, 0.6) is 0 Å². The average molecular weight is 354 g/mol. The highest BCUT2D eigenvalue weighted by molar-refractivity contribution is 7.80. The van der Waals surface area contributed by atoms with Crippen LogP contribution in [0.2, 0.25) is 0 Å². The van der Waals surface area contributed by atoms with Crippen molar-refractivity contribution in [1.82, 2.24) is 9.78 Å². The van der Waals surface area contributed by atoms with Gasteiger partial charge in [0.2, 0.25) is 0 Å². The lowest BCUT2D eigenvalue weighted by Gasteiger charge is -2.12. The molecule has 0 bridgehead atoms. The lowest BCUT2D eigenvalue weighted by Crippen LogP contribution is -2.19. The highest BCUT2D eigenvalue weighted by Gasteiger charge is 2.05. The Morgan fingerprint density at radius 3 is 2.76 bits per heavy atom. The third-order valence-corrected chi connectivity index (χ3v) is 4.18. The molecule has 0 spiro atoms. The number of anilines is 2. The van der Waals surface area contributed by atoms with Crippen molar-refractivity contribution >= 4 is 28.7 Å². The van der Waals surface area contributed by atoms with E-state index >= 15 is 0 Å².